The molecule has 0 radical (unpaired) electrons. The smallest absolute Gasteiger partial charge is 0.430 e. The van der Waals surface area contributed by atoms with Gasteiger partial charge >= 0.3 is 36.6 Å². The molecule has 0 aromatic carbocycles. The number of aliphatic hydroxyl groups is 2. The predicted octanol–water partition coefficient (Wildman–Crippen LogP) is 8.23. The third-order valence-corrected chi connectivity index (χ3v) is 7.38. The first-order valence-corrected chi connectivity index (χ1v) is 13.6. The fourth-order valence-corrected chi connectivity index (χ4v) is 3.31. The number of ether oxygens (including phenoxy) is 2. The van der Waals surface area contributed by atoms with Crippen molar-refractivity contribution in [2.75, 3.05) is 0 Å². The normalized spacial score (nSPS) is 15.3. The van der Waals surface area contributed by atoms with Crippen LogP contribution < -0.4 is 0 Å². The molecule has 1 unspecified atom stereocenters. The van der Waals surface area contributed by atoms with Gasteiger partial charge in [-0.05, 0) is 66.7 Å². The number of rotatable bonds is 11. The Labute approximate surface area is 253 Å². The summed E-state index contributed by atoms with van der Waals surface area (Å²) < 4.78 is 163. The van der Waals surface area contributed by atoms with Gasteiger partial charge in [-0.3, -0.25) is 9.59 Å². The van der Waals surface area contributed by atoms with Gasteiger partial charge in [-0.25, -0.2) is 0 Å². The molecule has 0 aromatic rings. The third kappa shape index (κ3) is 10.8. The fraction of sp³-hybridized carbons (Fsp3) is 0.926. The molecule has 6 nitrogen and oxygen atoms in total. The van der Waals surface area contributed by atoms with Crippen molar-refractivity contribution in [3.05, 3.63) is 0 Å². The Morgan fingerprint density at radius 2 is 0.956 bits per heavy atom. The molecule has 270 valence electrons. The maximum absolute atomic E-state index is 12.8. The lowest BCUT2D eigenvalue weighted by Gasteiger charge is -2.44. The van der Waals surface area contributed by atoms with Gasteiger partial charge in [-0.1, -0.05) is 27.7 Å². The van der Waals surface area contributed by atoms with Gasteiger partial charge in [0.1, 0.15) is 6.10 Å². The first-order chi connectivity index (χ1) is 19.4. The summed E-state index contributed by atoms with van der Waals surface area (Å²) in [6.45, 7) is 12.6. The van der Waals surface area contributed by atoms with E-state index >= 15 is 0 Å². The average molecular weight is 691 g/mol. The van der Waals surface area contributed by atoms with Crippen LogP contribution in [0.25, 0.3) is 0 Å². The highest BCUT2D eigenvalue weighted by Crippen LogP contribution is 2.51. The SMILES string of the molecule is CCC(C)(C)C(=O)OC(C)(C)C(O)(C(F)(F)F)C(F)(F)F.CCC(C)(C)C(=O)OC(CC(C)C)CC(O)(C(F)(F)F)C(F)(F)F. The average Bonchev–Trinajstić information content (AvgIpc) is 2.79. The lowest BCUT2D eigenvalue weighted by Crippen LogP contribution is -2.70. The molecule has 2 N–H and O–H groups in total. The molecular weight excluding hydrogens is 648 g/mol. The third-order valence-electron chi connectivity index (χ3n) is 7.38. The van der Waals surface area contributed by atoms with E-state index in [1.807, 2.05) is 0 Å². The minimum Gasteiger partial charge on any atom is -0.462 e. The van der Waals surface area contributed by atoms with E-state index in [2.05, 4.69) is 4.74 Å². The Kier molecular flexibility index (Phi) is 14.5. The van der Waals surface area contributed by atoms with Crippen molar-refractivity contribution in [2.24, 2.45) is 16.7 Å². The van der Waals surface area contributed by atoms with Gasteiger partial charge in [0.05, 0.1) is 10.8 Å². The molecule has 0 spiro atoms. The molecule has 0 saturated carbocycles. The van der Waals surface area contributed by atoms with Gasteiger partial charge in [-0.2, -0.15) is 52.7 Å². The second-order valence-corrected chi connectivity index (χ2v) is 12.8. The number of carbonyl (C=O) groups is 2. The van der Waals surface area contributed by atoms with Crippen molar-refractivity contribution >= 4 is 11.9 Å². The minimum atomic E-state index is -6.06. The first kappa shape index (κ1) is 45.1. The lowest BCUT2D eigenvalue weighted by atomic mass is 9.83. The van der Waals surface area contributed by atoms with Crippen LogP contribution in [0.2, 0.25) is 0 Å². The van der Waals surface area contributed by atoms with Crippen molar-refractivity contribution in [3.63, 3.8) is 0 Å². The van der Waals surface area contributed by atoms with Crippen molar-refractivity contribution in [1.29, 1.82) is 0 Å². The van der Waals surface area contributed by atoms with E-state index in [0.717, 1.165) is 0 Å². The summed E-state index contributed by atoms with van der Waals surface area (Å²) in [5.74, 6) is -2.50. The zero-order valence-electron chi connectivity index (χ0n) is 26.5. The highest BCUT2D eigenvalue weighted by Gasteiger charge is 2.79. The molecule has 18 heteroatoms. The molecular formula is C27H42F12O6. The van der Waals surface area contributed by atoms with E-state index in [9.17, 15) is 72.5 Å². The van der Waals surface area contributed by atoms with Crippen LogP contribution in [0.3, 0.4) is 0 Å². The number of carbonyl (C=O) groups excluding carboxylic acids is 2. The summed E-state index contributed by atoms with van der Waals surface area (Å²) in [6.07, 6.45) is -27.3. The molecule has 1 atom stereocenters. The Balaban J connectivity index is 0. The Morgan fingerprint density at radius 1 is 0.622 bits per heavy atom. The zero-order chi connectivity index (χ0) is 37.1. The molecule has 0 saturated heterocycles. The fourth-order valence-electron chi connectivity index (χ4n) is 3.31. The maximum Gasteiger partial charge on any atom is 0.430 e. The molecule has 45 heavy (non-hydrogen) atoms. The summed E-state index contributed by atoms with van der Waals surface area (Å²) in [6, 6.07) is 0. The molecule has 0 aliphatic heterocycles. The van der Waals surface area contributed by atoms with E-state index < -0.39 is 76.8 Å². The monoisotopic (exact) mass is 690 g/mol. The highest BCUT2D eigenvalue weighted by molar-refractivity contribution is 5.76. The molecule has 0 aromatic heterocycles. The van der Waals surface area contributed by atoms with Gasteiger partial charge in [0, 0.05) is 6.42 Å². The van der Waals surface area contributed by atoms with Crippen LogP contribution in [0, 0.1) is 16.7 Å². The molecule has 0 rings (SSSR count). The van der Waals surface area contributed by atoms with E-state index in [1.165, 1.54) is 34.6 Å². The Hall–Kier alpha value is -1.98. The molecule has 0 bridgehead atoms. The van der Waals surface area contributed by atoms with Crippen molar-refractivity contribution in [2.45, 2.75) is 143 Å². The largest absolute Gasteiger partial charge is 0.462 e. The number of hydrogen-bond donors (Lipinski definition) is 2. The van der Waals surface area contributed by atoms with Gasteiger partial charge in [0.2, 0.25) is 0 Å². The van der Waals surface area contributed by atoms with E-state index in [1.54, 1.807) is 20.8 Å². The zero-order valence-corrected chi connectivity index (χ0v) is 26.5. The summed E-state index contributed by atoms with van der Waals surface area (Å²) in [4.78, 5) is 23.8. The van der Waals surface area contributed by atoms with Crippen LogP contribution in [0.5, 0.6) is 0 Å². The molecule has 0 amide bonds. The number of esters is 2. The van der Waals surface area contributed by atoms with Gasteiger partial charge in [0.15, 0.2) is 5.60 Å². The minimum absolute atomic E-state index is 0.137. The van der Waals surface area contributed by atoms with Crippen LogP contribution in [0.1, 0.15) is 94.9 Å². The number of halogens is 12. The molecule has 0 fully saturated rings. The van der Waals surface area contributed by atoms with Gasteiger partial charge < -0.3 is 19.7 Å². The molecule has 0 heterocycles. The summed E-state index contributed by atoms with van der Waals surface area (Å²) in [5, 5.41) is 18.6. The summed E-state index contributed by atoms with van der Waals surface area (Å²) in [7, 11) is 0. The Bertz CT molecular complexity index is 949. The number of alkyl halides is 12. The van der Waals surface area contributed by atoms with Crippen LogP contribution in [-0.4, -0.2) is 69.8 Å². The Morgan fingerprint density at radius 3 is 1.22 bits per heavy atom. The van der Waals surface area contributed by atoms with E-state index in [-0.39, 0.29) is 18.8 Å². The number of hydrogen-bond acceptors (Lipinski definition) is 6. The van der Waals surface area contributed by atoms with Crippen LogP contribution in [0.15, 0.2) is 0 Å². The maximum atomic E-state index is 12.8. The molecule has 0 aliphatic rings. The lowest BCUT2D eigenvalue weighted by molar-refractivity contribution is -0.408. The topological polar surface area (TPSA) is 93.1 Å². The van der Waals surface area contributed by atoms with Crippen LogP contribution in [-0.2, 0) is 19.1 Å². The van der Waals surface area contributed by atoms with E-state index in [0.29, 0.717) is 20.3 Å². The summed E-state index contributed by atoms with van der Waals surface area (Å²) in [5.41, 5.74) is -15.7. The highest BCUT2D eigenvalue weighted by atomic mass is 19.4. The van der Waals surface area contributed by atoms with Crippen molar-refractivity contribution in [1.82, 2.24) is 0 Å². The quantitative estimate of drug-likeness (QED) is 0.168. The standard InChI is InChI=1S/C15H24F6O3.C12H18F6O3/c1-6-12(4,5)11(22)24-10(7-9(2)3)8-13(23,14(16,17)18)15(19,20)21;1-6-8(2,3)7(19)21-9(4,5)10(20,11(13,14)15)12(16,17)18/h9-10,23H,6-8H2,1-5H3;20H,6H2,1-5H3. The van der Waals surface area contributed by atoms with Crippen molar-refractivity contribution in [3.8, 4) is 0 Å². The molecule has 0 aliphatic carbocycles. The van der Waals surface area contributed by atoms with Crippen LogP contribution >= 0.6 is 0 Å². The van der Waals surface area contributed by atoms with Gasteiger partial charge in [0.25, 0.3) is 11.2 Å². The predicted molar refractivity (Wildman–Crippen MR) is 136 cm³/mol. The second-order valence-electron chi connectivity index (χ2n) is 12.8. The van der Waals surface area contributed by atoms with Crippen molar-refractivity contribution < 1.29 is 82.0 Å². The van der Waals surface area contributed by atoms with Crippen LogP contribution in [0.4, 0.5) is 52.7 Å². The summed E-state index contributed by atoms with van der Waals surface area (Å²) >= 11 is 0. The second kappa shape index (κ2) is 14.4. The first-order valence-electron chi connectivity index (χ1n) is 13.6. The van der Waals surface area contributed by atoms with E-state index in [4.69, 9.17) is 4.74 Å². The van der Waals surface area contributed by atoms with Gasteiger partial charge in [-0.15, -0.1) is 0 Å².